The smallest absolute Gasteiger partial charge is 0.247 e. The van der Waals surface area contributed by atoms with Crippen LogP contribution in [0.5, 0.6) is 0 Å². The van der Waals surface area contributed by atoms with Crippen molar-refractivity contribution in [2.45, 2.75) is 51.6 Å². The molecule has 196 valence electrons. The van der Waals surface area contributed by atoms with Gasteiger partial charge in [-0.2, -0.15) is 0 Å². The number of nitrogens with one attached hydrogen (secondary N) is 2. The van der Waals surface area contributed by atoms with E-state index in [1.165, 1.54) is 0 Å². The number of amides is 2. The Balaban J connectivity index is 1.71. The SMILES string of the molecule is CC(C)Cc1ccccc1NC(=O)C(Cc1ccccc1)NC(=O)CC([NH3+])Cc1cc(F)c(F)cc1F. The lowest BCUT2D eigenvalue weighted by molar-refractivity contribution is -0.418. The van der Waals surface area contributed by atoms with E-state index in [0.717, 1.165) is 23.6 Å². The molecule has 3 aromatic rings. The number of hydrogen-bond acceptors (Lipinski definition) is 2. The predicted octanol–water partition coefficient (Wildman–Crippen LogP) is 4.21. The van der Waals surface area contributed by atoms with Gasteiger partial charge in [0.25, 0.3) is 0 Å². The maximum atomic E-state index is 14.0. The van der Waals surface area contributed by atoms with Gasteiger partial charge in [0.15, 0.2) is 11.6 Å². The van der Waals surface area contributed by atoms with Crippen LogP contribution in [0.3, 0.4) is 0 Å². The van der Waals surface area contributed by atoms with Crippen LogP contribution in [0.15, 0.2) is 66.7 Å². The van der Waals surface area contributed by atoms with Crippen LogP contribution in [0.4, 0.5) is 18.9 Å². The monoisotopic (exact) mass is 512 g/mol. The van der Waals surface area contributed by atoms with E-state index in [2.05, 4.69) is 30.2 Å². The minimum atomic E-state index is -1.27. The molecule has 3 rings (SSSR count). The van der Waals surface area contributed by atoms with Crippen LogP contribution >= 0.6 is 0 Å². The number of quaternary nitrogens is 1. The minimum Gasteiger partial charge on any atom is -0.354 e. The summed E-state index contributed by atoms with van der Waals surface area (Å²) < 4.78 is 40.8. The second-order valence-electron chi connectivity index (χ2n) is 9.69. The lowest BCUT2D eigenvalue weighted by Gasteiger charge is -2.21. The van der Waals surface area contributed by atoms with Gasteiger partial charge in [-0.1, -0.05) is 62.4 Å². The highest BCUT2D eigenvalue weighted by molar-refractivity contribution is 5.98. The van der Waals surface area contributed by atoms with E-state index in [4.69, 9.17) is 0 Å². The number of benzene rings is 3. The molecule has 2 atom stereocenters. The molecule has 2 unspecified atom stereocenters. The number of hydrogen-bond donors (Lipinski definition) is 3. The number of halogens is 3. The van der Waals surface area contributed by atoms with Gasteiger partial charge in [0, 0.05) is 24.6 Å². The van der Waals surface area contributed by atoms with Crippen LogP contribution in [0.2, 0.25) is 0 Å². The molecule has 0 bridgehead atoms. The van der Waals surface area contributed by atoms with Gasteiger partial charge in [0.1, 0.15) is 11.9 Å². The number of rotatable bonds is 11. The molecule has 0 heterocycles. The molecule has 0 aromatic heterocycles. The van der Waals surface area contributed by atoms with Crippen molar-refractivity contribution in [2.75, 3.05) is 5.32 Å². The zero-order valence-electron chi connectivity index (χ0n) is 21.1. The fourth-order valence-electron chi connectivity index (χ4n) is 4.16. The van der Waals surface area contributed by atoms with E-state index in [-0.39, 0.29) is 30.7 Å². The first-order valence-corrected chi connectivity index (χ1v) is 12.3. The van der Waals surface area contributed by atoms with Gasteiger partial charge in [0.05, 0.1) is 12.5 Å². The van der Waals surface area contributed by atoms with Crippen molar-refractivity contribution in [1.29, 1.82) is 0 Å². The van der Waals surface area contributed by atoms with E-state index < -0.39 is 35.4 Å². The van der Waals surface area contributed by atoms with Crippen molar-refractivity contribution >= 4 is 17.5 Å². The van der Waals surface area contributed by atoms with Crippen molar-refractivity contribution in [3.63, 3.8) is 0 Å². The highest BCUT2D eigenvalue weighted by Gasteiger charge is 2.25. The molecular formula is C29H33F3N3O2+. The summed E-state index contributed by atoms with van der Waals surface area (Å²) in [5.74, 6) is -3.74. The fraction of sp³-hybridized carbons (Fsp3) is 0.310. The second kappa shape index (κ2) is 13.1. The minimum absolute atomic E-state index is 0.0609. The third kappa shape index (κ3) is 8.46. The molecule has 0 fully saturated rings. The summed E-state index contributed by atoms with van der Waals surface area (Å²) in [6, 6.07) is 16.6. The second-order valence-corrected chi connectivity index (χ2v) is 9.69. The Kier molecular flexibility index (Phi) is 9.85. The third-order valence-corrected chi connectivity index (χ3v) is 5.91. The third-order valence-electron chi connectivity index (χ3n) is 5.91. The Morgan fingerprint density at radius 3 is 2.16 bits per heavy atom. The Bertz CT molecular complexity index is 1220. The van der Waals surface area contributed by atoms with Gasteiger partial charge >= 0.3 is 0 Å². The first-order chi connectivity index (χ1) is 17.6. The number of carbonyl (C=O) groups excluding carboxylic acids is 2. The summed E-state index contributed by atoms with van der Waals surface area (Å²) in [7, 11) is 0. The van der Waals surface area contributed by atoms with Gasteiger partial charge in [-0.25, -0.2) is 13.2 Å². The van der Waals surface area contributed by atoms with Crippen LogP contribution < -0.4 is 16.4 Å². The Labute approximate surface area is 215 Å². The molecule has 0 aliphatic heterocycles. The molecule has 0 saturated carbocycles. The fourth-order valence-corrected chi connectivity index (χ4v) is 4.16. The number of carbonyl (C=O) groups is 2. The number of para-hydroxylation sites is 1. The molecule has 8 heteroatoms. The van der Waals surface area contributed by atoms with Crippen LogP contribution in [0.1, 0.15) is 37.0 Å². The maximum absolute atomic E-state index is 14.0. The van der Waals surface area contributed by atoms with Gasteiger partial charge in [-0.15, -0.1) is 0 Å². The summed E-state index contributed by atoms with van der Waals surface area (Å²) >= 11 is 0. The molecule has 37 heavy (non-hydrogen) atoms. The van der Waals surface area contributed by atoms with E-state index in [1.54, 1.807) is 0 Å². The molecule has 5 N–H and O–H groups in total. The van der Waals surface area contributed by atoms with Crippen molar-refractivity contribution < 1.29 is 28.5 Å². The highest BCUT2D eigenvalue weighted by atomic mass is 19.2. The first kappa shape index (κ1) is 27.9. The average Bonchev–Trinajstić information content (AvgIpc) is 2.83. The number of anilines is 1. The quantitative estimate of drug-likeness (QED) is 0.336. The molecule has 0 saturated heterocycles. The molecule has 0 spiro atoms. The molecular weight excluding hydrogens is 479 g/mol. The highest BCUT2D eigenvalue weighted by Crippen LogP contribution is 2.20. The summed E-state index contributed by atoms with van der Waals surface area (Å²) in [5.41, 5.74) is 6.37. The Hall–Kier alpha value is -3.65. The van der Waals surface area contributed by atoms with Crippen LogP contribution in [0, 0.1) is 23.4 Å². The van der Waals surface area contributed by atoms with E-state index in [0.29, 0.717) is 17.7 Å². The van der Waals surface area contributed by atoms with Crippen LogP contribution in [-0.2, 0) is 28.9 Å². The van der Waals surface area contributed by atoms with Crippen LogP contribution in [-0.4, -0.2) is 23.9 Å². The summed E-state index contributed by atoms with van der Waals surface area (Å²) in [5, 5.41) is 5.74. The molecule has 0 aliphatic rings. The standard InChI is InChI=1S/C29H32F3N3O2/c1-18(2)12-20-10-6-7-11-26(20)35-29(37)27(13-19-8-4-3-5-9-19)34-28(36)16-22(33)14-21-15-24(31)25(32)17-23(21)30/h3-11,15,17-18,22,27H,12-14,16,33H2,1-2H3,(H,34,36)(H,35,37)/p+1. The Morgan fingerprint density at radius 2 is 1.46 bits per heavy atom. The summed E-state index contributed by atoms with van der Waals surface area (Å²) in [6.07, 6.45) is 0.871. The average molecular weight is 513 g/mol. The lowest BCUT2D eigenvalue weighted by atomic mass is 10.00. The van der Waals surface area contributed by atoms with Crippen molar-refractivity contribution in [1.82, 2.24) is 5.32 Å². The van der Waals surface area contributed by atoms with Gasteiger partial charge in [-0.3, -0.25) is 9.59 Å². The molecule has 0 radical (unpaired) electrons. The predicted molar refractivity (Wildman–Crippen MR) is 137 cm³/mol. The van der Waals surface area contributed by atoms with Crippen molar-refractivity contribution in [2.24, 2.45) is 5.92 Å². The molecule has 2 amide bonds. The largest absolute Gasteiger partial charge is 0.354 e. The first-order valence-electron chi connectivity index (χ1n) is 12.3. The maximum Gasteiger partial charge on any atom is 0.247 e. The van der Waals surface area contributed by atoms with E-state index in [9.17, 15) is 22.8 Å². The molecule has 5 nitrogen and oxygen atoms in total. The normalized spacial score (nSPS) is 12.7. The van der Waals surface area contributed by atoms with Crippen LogP contribution in [0.25, 0.3) is 0 Å². The Morgan fingerprint density at radius 1 is 0.811 bits per heavy atom. The van der Waals surface area contributed by atoms with E-state index >= 15 is 0 Å². The molecule has 3 aromatic carbocycles. The van der Waals surface area contributed by atoms with E-state index in [1.807, 2.05) is 54.6 Å². The van der Waals surface area contributed by atoms with Gasteiger partial charge in [0.2, 0.25) is 11.8 Å². The van der Waals surface area contributed by atoms with Gasteiger partial charge in [-0.05, 0) is 41.2 Å². The summed E-state index contributed by atoms with van der Waals surface area (Å²) in [6.45, 7) is 4.19. The topological polar surface area (TPSA) is 85.8 Å². The molecule has 0 aliphatic carbocycles. The van der Waals surface area contributed by atoms with Crippen molar-refractivity contribution in [3.05, 3.63) is 101 Å². The van der Waals surface area contributed by atoms with Crippen molar-refractivity contribution in [3.8, 4) is 0 Å². The zero-order valence-corrected chi connectivity index (χ0v) is 21.1. The lowest BCUT2D eigenvalue weighted by Crippen LogP contribution is -2.63. The summed E-state index contributed by atoms with van der Waals surface area (Å²) in [4.78, 5) is 26.2. The van der Waals surface area contributed by atoms with Gasteiger partial charge < -0.3 is 16.4 Å². The zero-order chi connectivity index (χ0) is 26.9.